The van der Waals surface area contributed by atoms with Crippen LogP contribution in [-0.2, 0) is 11.3 Å². The predicted molar refractivity (Wildman–Crippen MR) is 115 cm³/mol. The number of ether oxygens (including phenoxy) is 1. The van der Waals surface area contributed by atoms with Crippen molar-refractivity contribution >= 4 is 28.3 Å². The minimum atomic E-state index is -0.496. The summed E-state index contributed by atoms with van der Waals surface area (Å²) in [5.74, 6) is 0.214. The maximum Gasteiger partial charge on any atom is 0.248 e. The molecule has 0 bridgehead atoms. The number of nitrogens with two attached hydrogens (primary N) is 1. The van der Waals surface area contributed by atoms with Gasteiger partial charge in [-0.1, -0.05) is 18.2 Å². The highest BCUT2D eigenvalue weighted by Crippen LogP contribution is 2.22. The van der Waals surface area contributed by atoms with E-state index >= 15 is 0 Å². The third-order valence-corrected chi connectivity index (χ3v) is 5.02. The van der Waals surface area contributed by atoms with Crippen molar-refractivity contribution in [1.82, 2.24) is 4.90 Å². The molecule has 2 amide bonds. The monoisotopic (exact) mass is 391 g/mol. The number of rotatable bonds is 7. The van der Waals surface area contributed by atoms with E-state index in [4.69, 9.17) is 10.5 Å². The van der Waals surface area contributed by atoms with Crippen LogP contribution in [0.2, 0.25) is 0 Å². The first kappa shape index (κ1) is 20.4. The molecule has 3 N–H and O–H groups in total. The molecule has 0 aliphatic rings. The van der Waals surface area contributed by atoms with Crippen LogP contribution in [0, 0.1) is 0 Å². The molecule has 1 atom stereocenters. The fourth-order valence-corrected chi connectivity index (χ4v) is 3.09. The summed E-state index contributed by atoms with van der Waals surface area (Å²) in [5.41, 5.74) is 7.39. The molecule has 0 aromatic heterocycles. The van der Waals surface area contributed by atoms with Crippen molar-refractivity contribution in [2.24, 2.45) is 5.73 Å². The number of anilines is 1. The third kappa shape index (κ3) is 4.92. The Morgan fingerprint density at radius 1 is 1.03 bits per heavy atom. The van der Waals surface area contributed by atoms with Gasteiger partial charge in [0.2, 0.25) is 11.8 Å². The Bertz CT molecular complexity index is 1030. The number of nitrogens with one attached hydrogen (secondary N) is 1. The van der Waals surface area contributed by atoms with Crippen molar-refractivity contribution in [1.29, 1.82) is 0 Å². The van der Waals surface area contributed by atoms with Gasteiger partial charge in [0.05, 0.1) is 13.2 Å². The van der Waals surface area contributed by atoms with Gasteiger partial charge in [0.1, 0.15) is 5.75 Å². The lowest BCUT2D eigenvalue weighted by Crippen LogP contribution is -2.39. The van der Waals surface area contributed by atoms with E-state index in [1.54, 1.807) is 31.4 Å². The van der Waals surface area contributed by atoms with Gasteiger partial charge in [-0.05, 0) is 72.8 Å². The van der Waals surface area contributed by atoms with Crippen LogP contribution in [0.3, 0.4) is 0 Å². The number of carbonyl (C=O) groups is 2. The molecule has 6 nitrogen and oxygen atoms in total. The average molecular weight is 391 g/mol. The van der Waals surface area contributed by atoms with Gasteiger partial charge in [-0.15, -0.1) is 0 Å². The van der Waals surface area contributed by atoms with Crippen molar-refractivity contribution in [3.8, 4) is 5.75 Å². The summed E-state index contributed by atoms with van der Waals surface area (Å²) in [6.07, 6.45) is 0. The lowest BCUT2D eigenvalue weighted by atomic mass is 10.1. The van der Waals surface area contributed by atoms with E-state index in [0.717, 1.165) is 22.1 Å². The predicted octanol–water partition coefficient (Wildman–Crippen LogP) is 3.41. The molecule has 29 heavy (non-hydrogen) atoms. The molecular weight excluding hydrogens is 366 g/mol. The largest absolute Gasteiger partial charge is 0.497 e. The fourth-order valence-electron chi connectivity index (χ4n) is 3.09. The van der Waals surface area contributed by atoms with Crippen molar-refractivity contribution in [3.63, 3.8) is 0 Å². The molecule has 3 rings (SSSR count). The molecule has 3 aromatic carbocycles. The van der Waals surface area contributed by atoms with Gasteiger partial charge in [-0.2, -0.15) is 0 Å². The van der Waals surface area contributed by atoms with E-state index in [9.17, 15) is 9.59 Å². The molecule has 0 unspecified atom stereocenters. The van der Waals surface area contributed by atoms with Gasteiger partial charge in [0.15, 0.2) is 0 Å². The second-order valence-corrected chi connectivity index (χ2v) is 7.07. The van der Waals surface area contributed by atoms with Gasteiger partial charge in [-0.3, -0.25) is 14.5 Å². The Morgan fingerprint density at radius 2 is 1.69 bits per heavy atom. The summed E-state index contributed by atoms with van der Waals surface area (Å²) in [6, 6.07) is 18.4. The van der Waals surface area contributed by atoms with Gasteiger partial charge in [0.25, 0.3) is 0 Å². The molecule has 0 spiro atoms. The first-order valence-electron chi connectivity index (χ1n) is 9.35. The first-order valence-corrected chi connectivity index (χ1v) is 9.35. The van der Waals surface area contributed by atoms with Gasteiger partial charge >= 0.3 is 0 Å². The molecule has 6 heteroatoms. The number of hydrogen-bond acceptors (Lipinski definition) is 4. The number of amides is 2. The SMILES string of the molecule is COc1ccc2cc(CN(C)[C@@H](C)C(=O)Nc3ccc(C(N)=O)cc3)ccc2c1. The summed E-state index contributed by atoms with van der Waals surface area (Å²) < 4.78 is 5.27. The molecular formula is C23H25N3O3. The van der Waals surface area contributed by atoms with Crippen LogP contribution in [0.25, 0.3) is 10.8 Å². The minimum absolute atomic E-state index is 0.121. The molecule has 0 radical (unpaired) electrons. The normalized spacial score (nSPS) is 12.0. The Balaban J connectivity index is 1.64. The molecule has 0 aliphatic heterocycles. The summed E-state index contributed by atoms with van der Waals surface area (Å²) >= 11 is 0. The lowest BCUT2D eigenvalue weighted by Gasteiger charge is -2.24. The number of nitrogens with zero attached hydrogens (tertiary/aromatic N) is 1. The highest BCUT2D eigenvalue weighted by atomic mass is 16.5. The van der Waals surface area contributed by atoms with Crippen LogP contribution >= 0.6 is 0 Å². The lowest BCUT2D eigenvalue weighted by molar-refractivity contribution is -0.120. The van der Waals surface area contributed by atoms with Crippen LogP contribution in [0.1, 0.15) is 22.8 Å². The van der Waals surface area contributed by atoms with Gasteiger partial charge in [0, 0.05) is 17.8 Å². The zero-order valence-electron chi connectivity index (χ0n) is 16.8. The Morgan fingerprint density at radius 3 is 2.34 bits per heavy atom. The maximum absolute atomic E-state index is 12.6. The molecule has 150 valence electrons. The highest BCUT2D eigenvalue weighted by Gasteiger charge is 2.18. The Hall–Kier alpha value is -3.38. The molecule has 3 aromatic rings. The van der Waals surface area contributed by atoms with E-state index in [-0.39, 0.29) is 11.9 Å². The molecule has 0 saturated carbocycles. The third-order valence-electron chi connectivity index (χ3n) is 5.02. The van der Waals surface area contributed by atoms with Crippen molar-refractivity contribution < 1.29 is 14.3 Å². The smallest absolute Gasteiger partial charge is 0.248 e. The maximum atomic E-state index is 12.6. The minimum Gasteiger partial charge on any atom is -0.497 e. The quantitative estimate of drug-likeness (QED) is 0.646. The number of hydrogen-bond donors (Lipinski definition) is 2. The van der Waals surface area contributed by atoms with Crippen LogP contribution in [-0.4, -0.2) is 36.9 Å². The molecule has 0 fully saturated rings. The average Bonchev–Trinajstić information content (AvgIpc) is 2.73. The zero-order valence-corrected chi connectivity index (χ0v) is 16.8. The number of carbonyl (C=O) groups excluding carboxylic acids is 2. The van der Waals surface area contributed by atoms with Gasteiger partial charge in [-0.25, -0.2) is 0 Å². The topological polar surface area (TPSA) is 84.7 Å². The molecule has 0 saturated heterocycles. The van der Waals surface area contributed by atoms with E-state index in [1.807, 2.05) is 37.1 Å². The number of benzene rings is 3. The number of methoxy groups -OCH3 is 1. The van der Waals surface area contributed by atoms with Crippen LogP contribution in [0.15, 0.2) is 60.7 Å². The Labute approximate surface area is 170 Å². The standard InChI is InChI=1S/C23H25N3O3/c1-15(23(28)25-20-9-6-17(7-10-20)22(24)27)26(2)14-16-4-5-19-13-21(29-3)11-8-18(19)12-16/h4-13,15H,14H2,1-3H3,(H2,24,27)(H,25,28)/t15-/m0/s1. The van der Waals surface area contributed by atoms with Crippen molar-refractivity contribution in [2.75, 3.05) is 19.5 Å². The van der Waals surface area contributed by atoms with Crippen molar-refractivity contribution in [3.05, 3.63) is 71.8 Å². The van der Waals surface area contributed by atoms with Crippen LogP contribution < -0.4 is 15.8 Å². The first-order chi connectivity index (χ1) is 13.9. The number of primary amides is 1. The van der Waals surface area contributed by atoms with E-state index in [0.29, 0.717) is 17.8 Å². The number of likely N-dealkylation sites (N-methyl/N-ethyl adjacent to an activating group) is 1. The van der Waals surface area contributed by atoms with E-state index in [1.165, 1.54) is 0 Å². The Kier molecular flexibility index (Phi) is 6.14. The summed E-state index contributed by atoms with van der Waals surface area (Å²) in [6.45, 7) is 2.50. The summed E-state index contributed by atoms with van der Waals surface area (Å²) in [5, 5.41) is 5.11. The summed E-state index contributed by atoms with van der Waals surface area (Å²) in [4.78, 5) is 25.7. The van der Waals surface area contributed by atoms with Gasteiger partial charge < -0.3 is 15.8 Å². The highest BCUT2D eigenvalue weighted by molar-refractivity contribution is 5.96. The van der Waals surface area contributed by atoms with E-state index in [2.05, 4.69) is 23.5 Å². The molecule has 0 aliphatic carbocycles. The van der Waals surface area contributed by atoms with Crippen LogP contribution in [0.5, 0.6) is 5.75 Å². The van der Waals surface area contributed by atoms with Crippen LogP contribution in [0.4, 0.5) is 5.69 Å². The zero-order chi connectivity index (χ0) is 21.0. The second kappa shape index (κ2) is 8.75. The number of fused-ring (bicyclic) bond motifs is 1. The second-order valence-electron chi connectivity index (χ2n) is 7.07. The summed E-state index contributed by atoms with van der Waals surface area (Å²) in [7, 11) is 3.57. The van der Waals surface area contributed by atoms with Crippen molar-refractivity contribution in [2.45, 2.75) is 19.5 Å². The molecule has 0 heterocycles. The fraction of sp³-hybridized carbons (Fsp3) is 0.217. The van der Waals surface area contributed by atoms with E-state index < -0.39 is 5.91 Å².